The third-order valence-electron chi connectivity index (χ3n) is 5.92. The van der Waals surface area contributed by atoms with Crippen LogP contribution in [0.1, 0.15) is 29.2 Å². The summed E-state index contributed by atoms with van der Waals surface area (Å²) in [7, 11) is 1.67. The van der Waals surface area contributed by atoms with Crippen LogP contribution in [0.2, 0.25) is 0 Å². The molecule has 1 aliphatic carbocycles. The predicted molar refractivity (Wildman–Crippen MR) is 120 cm³/mol. The Bertz CT molecular complexity index is 850. The minimum absolute atomic E-state index is 0.0762. The first-order valence-electron chi connectivity index (χ1n) is 10.7. The van der Waals surface area contributed by atoms with Gasteiger partial charge in [-0.05, 0) is 60.2 Å². The smallest absolute Gasteiger partial charge is 0.230 e. The molecule has 4 rings (SSSR count). The topological polar surface area (TPSA) is 50.8 Å². The molecule has 2 aromatic carbocycles. The van der Waals surface area contributed by atoms with Crippen LogP contribution in [0.4, 0.5) is 0 Å². The summed E-state index contributed by atoms with van der Waals surface area (Å²) in [4.78, 5) is 16.1. The van der Waals surface area contributed by atoms with E-state index in [0.717, 1.165) is 32.1 Å². The largest absolute Gasteiger partial charge is 0.497 e. The van der Waals surface area contributed by atoms with E-state index in [4.69, 9.17) is 9.47 Å². The van der Waals surface area contributed by atoms with E-state index in [1.54, 1.807) is 18.9 Å². The molecular weight excluding hydrogens is 396 g/mol. The Morgan fingerprint density at radius 3 is 2.67 bits per heavy atom. The summed E-state index contributed by atoms with van der Waals surface area (Å²) >= 11 is 1.62. The van der Waals surface area contributed by atoms with Crippen molar-refractivity contribution in [1.29, 1.82) is 0 Å². The number of nitrogens with zero attached hydrogens (tertiary/aromatic N) is 1. The highest BCUT2D eigenvalue weighted by Crippen LogP contribution is 2.28. The molecule has 2 aromatic rings. The Labute approximate surface area is 183 Å². The van der Waals surface area contributed by atoms with Crippen LogP contribution >= 0.6 is 11.8 Å². The number of methoxy groups -OCH3 is 1. The van der Waals surface area contributed by atoms with Gasteiger partial charge in [-0.15, -0.1) is 11.8 Å². The molecule has 0 radical (unpaired) electrons. The van der Waals surface area contributed by atoms with Crippen LogP contribution in [0.15, 0.2) is 47.4 Å². The van der Waals surface area contributed by atoms with E-state index in [1.165, 1.54) is 40.8 Å². The van der Waals surface area contributed by atoms with Crippen molar-refractivity contribution in [2.75, 3.05) is 45.7 Å². The molecule has 1 amide bonds. The number of aryl methyl sites for hydroxylation is 2. The van der Waals surface area contributed by atoms with Crippen LogP contribution in [0, 0.1) is 0 Å². The maximum Gasteiger partial charge on any atom is 0.230 e. The zero-order valence-electron chi connectivity index (χ0n) is 17.6. The molecular formula is C24H30N2O3S. The van der Waals surface area contributed by atoms with Gasteiger partial charge < -0.3 is 14.8 Å². The molecule has 2 aliphatic rings. The number of nitrogens with one attached hydrogen (secondary N) is 1. The van der Waals surface area contributed by atoms with Gasteiger partial charge in [-0.1, -0.05) is 18.2 Å². The van der Waals surface area contributed by atoms with Gasteiger partial charge in [0.1, 0.15) is 5.75 Å². The molecule has 1 N–H and O–H groups in total. The van der Waals surface area contributed by atoms with Crippen molar-refractivity contribution in [3.8, 4) is 5.75 Å². The minimum atomic E-state index is 0.0762. The van der Waals surface area contributed by atoms with Gasteiger partial charge in [0.15, 0.2) is 0 Å². The molecule has 5 nitrogen and oxygen atoms in total. The molecule has 1 fully saturated rings. The zero-order valence-corrected chi connectivity index (χ0v) is 18.4. The highest BCUT2D eigenvalue weighted by molar-refractivity contribution is 8.00. The molecule has 1 unspecified atom stereocenters. The van der Waals surface area contributed by atoms with Gasteiger partial charge in [-0.3, -0.25) is 9.69 Å². The van der Waals surface area contributed by atoms with Gasteiger partial charge in [0.25, 0.3) is 0 Å². The maximum absolute atomic E-state index is 12.6. The molecule has 1 heterocycles. The van der Waals surface area contributed by atoms with Crippen molar-refractivity contribution in [3.05, 3.63) is 59.2 Å². The number of ether oxygens (including phenoxy) is 2. The lowest BCUT2D eigenvalue weighted by Gasteiger charge is -2.35. The van der Waals surface area contributed by atoms with E-state index < -0.39 is 0 Å². The fraction of sp³-hybridized carbons (Fsp3) is 0.458. The van der Waals surface area contributed by atoms with Crippen molar-refractivity contribution in [3.63, 3.8) is 0 Å². The molecule has 160 valence electrons. The van der Waals surface area contributed by atoms with Gasteiger partial charge in [0.2, 0.25) is 5.91 Å². The summed E-state index contributed by atoms with van der Waals surface area (Å²) in [5.41, 5.74) is 4.10. The second kappa shape index (κ2) is 10.3. The van der Waals surface area contributed by atoms with Crippen molar-refractivity contribution >= 4 is 17.7 Å². The fourth-order valence-electron chi connectivity index (χ4n) is 4.22. The number of hydrogen-bond acceptors (Lipinski definition) is 5. The highest BCUT2D eigenvalue weighted by atomic mass is 32.2. The Balaban J connectivity index is 1.34. The van der Waals surface area contributed by atoms with Crippen LogP contribution < -0.4 is 10.1 Å². The normalized spacial score (nSPS) is 17.4. The SMILES string of the molecule is COc1ccc(C(CNC(=O)CSc2ccc3c(c2)CCC3)N2CCOCC2)cc1. The minimum Gasteiger partial charge on any atom is -0.497 e. The number of rotatable bonds is 8. The number of fused-ring (bicyclic) bond motifs is 1. The molecule has 0 spiro atoms. The highest BCUT2D eigenvalue weighted by Gasteiger charge is 2.23. The first-order chi connectivity index (χ1) is 14.7. The number of hydrogen-bond donors (Lipinski definition) is 1. The van der Waals surface area contributed by atoms with Crippen LogP contribution in [0.3, 0.4) is 0 Å². The predicted octanol–water partition coefficient (Wildman–Crippen LogP) is 3.47. The van der Waals surface area contributed by atoms with Gasteiger partial charge in [0.05, 0.1) is 32.1 Å². The Morgan fingerprint density at radius 2 is 1.90 bits per heavy atom. The van der Waals surface area contributed by atoms with E-state index in [9.17, 15) is 4.79 Å². The van der Waals surface area contributed by atoms with Gasteiger partial charge in [0, 0.05) is 24.5 Å². The first kappa shape index (κ1) is 21.2. The van der Waals surface area contributed by atoms with Crippen molar-refractivity contribution in [1.82, 2.24) is 10.2 Å². The summed E-state index contributed by atoms with van der Waals surface area (Å²) in [6.45, 7) is 3.80. The average Bonchev–Trinajstić information content (AvgIpc) is 3.27. The van der Waals surface area contributed by atoms with Crippen molar-refractivity contribution in [2.45, 2.75) is 30.2 Å². The third-order valence-corrected chi connectivity index (χ3v) is 6.91. The molecule has 0 saturated carbocycles. The van der Waals surface area contributed by atoms with Crippen molar-refractivity contribution < 1.29 is 14.3 Å². The zero-order chi connectivity index (χ0) is 20.8. The van der Waals surface area contributed by atoms with E-state index >= 15 is 0 Å². The molecule has 6 heteroatoms. The lowest BCUT2D eigenvalue weighted by molar-refractivity contribution is -0.118. The second-order valence-electron chi connectivity index (χ2n) is 7.81. The van der Waals surface area contributed by atoms with Crippen LogP contribution in [-0.4, -0.2) is 56.5 Å². The van der Waals surface area contributed by atoms with Gasteiger partial charge in [-0.2, -0.15) is 0 Å². The third kappa shape index (κ3) is 5.36. The number of benzene rings is 2. The lowest BCUT2D eigenvalue weighted by atomic mass is 10.0. The molecule has 30 heavy (non-hydrogen) atoms. The summed E-state index contributed by atoms with van der Waals surface area (Å²) in [5.74, 6) is 1.36. The van der Waals surface area contributed by atoms with E-state index in [-0.39, 0.29) is 11.9 Å². The number of carbonyl (C=O) groups excluding carboxylic acids is 1. The molecule has 1 aliphatic heterocycles. The second-order valence-corrected chi connectivity index (χ2v) is 8.86. The molecule has 1 saturated heterocycles. The van der Waals surface area contributed by atoms with E-state index in [0.29, 0.717) is 12.3 Å². The number of carbonyl (C=O) groups is 1. The summed E-state index contributed by atoms with van der Waals surface area (Å²) < 4.78 is 10.8. The number of amides is 1. The lowest BCUT2D eigenvalue weighted by Crippen LogP contribution is -2.44. The number of thioether (sulfide) groups is 1. The fourth-order valence-corrected chi connectivity index (χ4v) is 5.01. The average molecular weight is 427 g/mol. The van der Waals surface area contributed by atoms with Crippen molar-refractivity contribution in [2.24, 2.45) is 0 Å². The Hall–Kier alpha value is -2.02. The Kier molecular flexibility index (Phi) is 7.31. The Morgan fingerprint density at radius 1 is 1.13 bits per heavy atom. The van der Waals surface area contributed by atoms with E-state index in [1.807, 2.05) is 12.1 Å². The standard InChI is InChI=1S/C24H30N2O3S/c1-28-21-8-5-19(6-9-21)23(26-11-13-29-14-12-26)16-25-24(27)17-30-22-10-7-18-3-2-4-20(18)15-22/h5-10,15,23H,2-4,11-14,16-17H2,1H3,(H,25,27). The number of morpholine rings is 1. The molecule has 0 bridgehead atoms. The van der Waals surface area contributed by atoms with Crippen LogP contribution in [0.5, 0.6) is 5.75 Å². The van der Waals surface area contributed by atoms with Crippen LogP contribution in [-0.2, 0) is 22.4 Å². The van der Waals surface area contributed by atoms with Gasteiger partial charge in [-0.25, -0.2) is 0 Å². The quantitative estimate of drug-likeness (QED) is 0.655. The van der Waals surface area contributed by atoms with Crippen LogP contribution in [0.25, 0.3) is 0 Å². The molecule has 0 aromatic heterocycles. The molecule has 1 atom stereocenters. The summed E-state index contributed by atoms with van der Waals surface area (Å²) in [6.07, 6.45) is 3.60. The summed E-state index contributed by atoms with van der Waals surface area (Å²) in [5, 5.41) is 3.16. The maximum atomic E-state index is 12.6. The summed E-state index contributed by atoms with van der Waals surface area (Å²) in [6, 6.07) is 14.9. The van der Waals surface area contributed by atoms with E-state index in [2.05, 4.69) is 40.5 Å². The monoisotopic (exact) mass is 426 g/mol. The first-order valence-corrected chi connectivity index (χ1v) is 11.7. The van der Waals surface area contributed by atoms with Gasteiger partial charge >= 0.3 is 0 Å².